The van der Waals surface area contributed by atoms with E-state index in [0.29, 0.717) is 27.6 Å². The van der Waals surface area contributed by atoms with Crippen molar-refractivity contribution in [3.63, 3.8) is 0 Å². The molecule has 0 aliphatic heterocycles. The molecule has 7 heteroatoms. The second-order valence-corrected chi connectivity index (χ2v) is 7.61. The molecule has 0 aromatic heterocycles. The van der Waals surface area contributed by atoms with E-state index in [1.54, 1.807) is 55.6 Å². The van der Waals surface area contributed by atoms with Gasteiger partial charge >= 0.3 is 0 Å². The fraction of sp³-hybridized carbons (Fsp3) is 0.235. The normalized spacial score (nSPS) is 12.0. The second kappa shape index (κ2) is 8.17. The molecule has 0 atom stereocenters. The van der Waals surface area contributed by atoms with Crippen LogP contribution in [0.15, 0.2) is 53.7 Å². The van der Waals surface area contributed by atoms with Gasteiger partial charge in [0.05, 0.1) is 18.6 Å². The fourth-order valence-electron chi connectivity index (χ4n) is 2.15. The lowest BCUT2D eigenvalue weighted by atomic mass is 10.1. The lowest BCUT2D eigenvalue weighted by Gasteiger charge is -2.08. The number of halogens is 1. The quantitative estimate of drug-likeness (QED) is 0.556. The maximum Gasteiger partial charge on any atom is 0.160 e. The largest absolute Gasteiger partial charge is 0.497 e. The number of sulfone groups is 1. The van der Waals surface area contributed by atoms with Crippen LogP contribution in [0, 0.1) is 0 Å². The molecule has 0 fully saturated rings. The number of benzene rings is 2. The van der Waals surface area contributed by atoms with Gasteiger partial charge in [-0.25, -0.2) is 8.42 Å². The van der Waals surface area contributed by atoms with Gasteiger partial charge in [0.2, 0.25) is 0 Å². The molecule has 0 unspecified atom stereocenters. The number of methoxy groups -OCH3 is 1. The minimum atomic E-state index is -3.42. The summed E-state index contributed by atoms with van der Waals surface area (Å²) in [5.41, 5.74) is 1.67. The van der Waals surface area contributed by atoms with Gasteiger partial charge in [0.15, 0.2) is 9.84 Å². The van der Waals surface area contributed by atoms with E-state index in [-0.39, 0.29) is 11.5 Å². The average Bonchev–Trinajstić information content (AvgIpc) is 2.55. The zero-order valence-corrected chi connectivity index (χ0v) is 15.0. The molecule has 2 aromatic carbocycles. The van der Waals surface area contributed by atoms with Crippen molar-refractivity contribution in [2.45, 2.75) is 5.75 Å². The topological polar surface area (TPSA) is 65.0 Å². The van der Waals surface area contributed by atoms with Crippen LogP contribution < -0.4 is 4.74 Å². The number of hydrogen-bond acceptors (Lipinski definition) is 5. The lowest BCUT2D eigenvalue weighted by Crippen LogP contribution is -2.19. The first-order chi connectivity index (χ1) is 11.4. The number of nitrogens with zero attached hydrogens (tertiary/aromatic N) is 1. The molecule has 0 N–H and O–H groups in total. The summed E-state index contributed by atoms with van der Waals surface area (Å²) < 4.78 is 30.0. The summed E-state index contributed by atoms with van der Waals surface area (Å²) in [5.74, 6) is 0.362. The Hall–Kier alpha value is -2.05. The van der Waals surface area contributed by atoms with Gasteiger partial charge in [-0.1, -0.05) is 41.0 Å². The summed E-state index contributed by atoms with van der Waals surface area (Å²) >= 11 is 5.86. The number of hydrogen-bond donors (Lipinski definition) is 0. The van der Waals surface area contributed by atoms with Gasteiger partial charge < -0.3 is 9.57 Å². The predicted molar refractivity (Wildman–Crippen MR) is 95.5 cm³/mol. The zero-order chi connectivity index (χ0) is 17.6. The molecule has 24 heavy (non-hydrogen) atoms. The highest BCUT2D eigenvalue weighted by molar-refractivity contribution is 7.91. The van der Waals surface area contributed by atoms with Gasteiger partial charge in [-0.05, 0) is 29.8 Å². The third-order valence-corrected chi connectivity index (χ3v) is 5.02. The SMILES string of the molecule is CON=C(CS(=O)(=O)Cc1ccc(OC)cc1)c1ccc(Cl)cc1. The summed E-state index contributed by atoms with van der Waals surface area (Å²) in [7, 11) is -0.477. The van der Waals surface area contributed by atoms with Crippen LogP contribution >= 0.6 is 11.6 Å². The van der Waals surface area contributed by atoms with Gasteiger partial charge in [0.1, 0.15) is 18.6 Å². The van der Waals surface area contributed by atoms with Crippen LogP contribution in [-0.2, 0) is 20.4 Å². The summed E-state index contributed by atoms with van der Waals surface area (Å²) in [4.78, 5) is 4.79. The highest BCUT2D eigenvalue weighted by Gasteiger charge is 2.18. The van der Waals surface area contributed by atoms with Crippen LogP contribution in [0.2, 0.25) is 5.02 Å². The molecule has 0 radical (unpaired) electrons. The van der Waals surface area contributed by atoms with Crippen molar-refractivity contribution in [3.05, 3.63) is 64.7 Å². The van der Waals surface area contributed by atoms with Gasteiger partial charge in [0, 0.05) is 10.6 Å². The maximum atomic E-state index is 12.5. The fourth-order valence-corrected chi connectivity index (χ4v) is 3.71. The standard InChI is InChI=1S/C17H18ClNO4S/c1-22-16-9-3-13(4-10-16)11-24(20,21)12-17(19-23-2)14-5-7-15(18)8-6-14/h3-10H,11-12H2,1-2H3. The molecule has 0 bridgehead atoms. The molecule has 0 amide bonds. The monoisotopic (exact) mass is 367 g/mol. The van der Waals surface area contributed by atoms with Gasteiger partial charge in [-0.2, -0.15) is 0 Å². The van der Waals surface area contributed by atoms with E-state index in [2.05, 4.69) is 5.16 Å². The Balaban J connectivity index is 2.17. The first kappa shape index (κ1) is 18.3. The van der Waals surface area contributed by atoms with Crippen LogP contribution in [0.25, 0.3) is 0 Å². The molecule has 128 valence electrons. The maximum absolute atomic E-state index is 12.5. The van der Waals surface area contributed by atoms with Crippen LogP contribution in [-0.4, -0.2) is 34.1 Å². The highest BCUT2D eigenvalue weighted by atomic mass is 35.5. The van der Waals surface area contributed by atoms with Gasteiger partial charge in [0.25, 0.3) is 0 Å². The third-order valence-electron chi connectivity index (χ3n) is 3.28. The minimum absolute atomic E-state index is 0.0900. The summed E-state index contributed by atoms with van der Waals surface area (Å²) in [6.07, 6.45) is 0. The molecule has 0 spiro atoms. The molecular weight excluding hydrogens is 350 g/mol. The van der Waals surface area contributed by atoms with E-state index >= 15 is 0 Å². The first-order valence-electron chi connectivity index (χ1n) is 7.13. The van der Waals surface area contributed by atoms with Crippen LogP contribution in [0.1, 0.15) is 11.1 Å². The zero-order valence-electron chi connectivity index (χ0n) is 13.4. The van der Waals surface area contributed by atoms with Gasteiger partial charge in [-0.15, -0.1) is 0 Å². The number of ether oxygens (including phenoxy) is 1. The van der Waals surface area contributed by atoms with Crippen molar-refractivity contribution < 1.29 is 18.0 Å². The predicted octanol–water partition coefficient (Wildman–Crippen LogP) is 3.31. The minimum Gasteiger partial charge on any atom is -0.497 e. The van der Waals surface area contributed by atoms with Crippen molar-refractivity contribution >= 4 is 27.1 Å². The Morgan fingerprint density at radius 3 is 2.21 bits per heavy atom. The number of rotatable bonds is 7. The Bertz CT molecular complexity index is 799. The first-order valence-corrected chi connectivity index (χ1v) is 9.33. The molecule has 0 saturated carbocycles. The summed E-state index contributed by atoms with van der Waals surface area (Å²) in [5, 5.41) is 4.42. The van der Waals surface area contributed by atoms with Crippen molar-refractivity contribution in [2.24, 2.45) is 5.16 Å². The van der Waals surface area contributed by atoms with Gasteiger partial charge in [-0.3, -0.25) is 0 Å². The van der Waals surface area contributed by atoms with Crippen molar-refractivity contribution in [1.29, 1.82) is 0 Å². The molecule has 0 saturated heterocycles. The Kier molecular flexibility index (Phi) is 6.23. The van der Waals surface area contributed by atoms with Crippen LogP contribution in [0.5, 0.6) is 5.75 Å². The Labute approximate surface area is 146 Å². The molecule has 2 aromatic rings. The molecule has 2 rings (SSSR count). The molecule has 0 aliphatic rings. The van der Waals surface area contributed by atoms with Crippen molar-refractivity contribution in [3.8, 4) is 5.75 Å². The van der Waals surface area contributed by atoms with E-state index in [1.807, 2.05) is 0 Å². The van der Waals surface area contributed by atoms with E-state index < -0.39 is 9.84 Å². The van der Waals surface area contributed by atoms with E-state index in [1.165, 1.54) is 7.11 Å². The van der Waals surface area contributed by atoms with Crippen molar-refractivity contribution in [1.82, 2.24) is 0 Å². The highest BCUT2D eigenvalue weighted by Crippen LogP contribution is 2.16. The Morgan fingerprint density at radius 1 is 1.04 bits per heavy atom. The second-order valence-electron chi connectivity index (χ2n) is 5.11. The van der Waals surface area contributed by atoms with Crippen LogP contribution in [0.3, 0.4) is 0 Å². The van der Waals surface area contributed by atoms with E-state index in [9.17, 15) is 8.42 Å². The molecular formula is C17H18ClNO4S. The summed E-state index contributed by atoms with van der Waals surface area (Å²) in [6, 6.07) is 13.7. The van der Waals surface area contributed by atoms with E-state index in [4.69, 9.17) is 21.2 Å². The molecule has 0 heterocycles. The molecule has 5 nitrogen and oxygen atoms in total. The molecule has 0 aliphatic carbocycles. The third kappa shape index (κ3) is 5.25. The average molecular weight is 368 g/mol. The lowest BCUT2D eigenvalue weighted by molar-refractivity contribution is 0.213. The summed E-state index contributed by atoms with van der Waals surface area (Å²) in [6.45, 7) is 0. The van der Waals surface area contributed by atoms with Crippen LogP contribution in [0.4, 0.5) is 0 Å². The smallest absolute Gasteiger partial charge is 0.160 e. The van der Waals surface area contributed by atoms with Crippen molar-refractivity contribution in [2.75, 3.05) is 20.0 Å². The van der Waals surface area contributed by atoms with E-state index in [0.717, 1.165) is 0 Å². The Morgan fingerprint density at radius 2 is 1.67 bits per heavy atom. The number of oxime groups is 1.